The summed E-state index contributed by atoms with van der Waals surface area (Å²) < 4.78 is 4.97. The third-order valence-corrected chi connectivity index (χ3v) is 2.17. The van der Waals surface area contributed by atoms with Crippen molar-refractivity contribution < 1.29 is 9.84 Å². The van der Waals surface area contributed by atoms with E-state index in [0.29, 0.717) is 0 Å². The predicted octanol–water partition coefficient (Wildman–Crippen LogP) is -0.465. The number of nitrogens with zero attached hydrogens (tertiary/aromatic N) is 1. The molecule has 0 rings (SSSR count). The van der Waals surface area contributed by atoms with Crippen LogP contribution in [0, 0.1) is 0 Å². The Morgan fingerprint density at radius 1 is 1.46 bits per heavy atom. The second-order valence-corrected chi connectivity index (χ2v) is 3.25. The average molecular weight is 190 g/mol. The van der Waals surface area contributed by atoms with Gasteiger partial charge in [0, 0.05) is 19.7 Å². The van der Waals surface area contributed by atoms with E-state index in [2.05, 4.69) is 17.3 Å². The van der Waals surface area contributed by atoms with Gasteiger partial charge in [0.2, 0.25) is 0 Å². The van der Waals surface area contributed by atoms with E-state index in [1.165, 1.54) is 0 Å². The Balaban J connectivity index is 3.38. The minimum absolute atomic E-state index is 0.203. The summed E-state index contributed by atoms with van der Waals surface area (Å²) in [5.74, 6) is 0. The van der Waals surface area contributed by atoms with E-state index in [-0.39, 0.29) is 12.6 Å². The standard InChI is InChI=1S/C9H22N2O2/c1-10-9(8-12)4-5-11(2)6-7-13-3/h9-10,12H,4-8H2,1-3H3. The van der Waals surface area contributed by atoms with Crippen molar-refractivity contribution in [3.8, 4) is 0 Å². The second kappa shape index (κ2) is 8.44. The molecule has 0 aliphatic rings. The van der Waals surface area contributed by atoms with E-state index >= 15 is 0 Å². The number of rotatable bonds is 8. The van der Waals surface area contributed by atoms with Crippen LogP contribution in [0.15, 0.2) is 0 Å². The maximum absolute atomic E-state index is 8.91. The second-order valence-electron chi connectivity index (χ2n) is 3.25. The molecular formula is C9H22N2O2. The Labute approximate surface area is 80.9 Å². The van der Waals surface area contributed by atoms with Gasteiger partial charge in [-0.25, -0.2) is 0 Å². The monoisotopic (exact) mass is 190 g/mol. The summed E-state index contributed by atoms with van der Waals surface area (Å²) in [5, 5.41) is 12.0. The van der Waals surface area contributed by atoms with Crippen molar-refractivity contribution in [2.75, 3.05) is 47.5 Å². The molecule has 1 unspecified atom stereocenters. The topological polar surface area (TPSA) is 44.7 Å². The fourth-order valence-corrected chi connectivity index (χ4v) is 1.06. The first kappa shape index (κ1) is 12.8. The van der Waals surface area contributed by atoms with Gasteiger partial charge in [0.15, 0.2) is 0 Å². The zero-order valence-electron chi connectivity index (χ0n) is 8.92. The summed E-state index contributed by atoms with van der Waals surface area (Å²) >= 11 is 0. The van der Waals surface area contributed by atoms with E-state index in [1.54, 1.807) is 7.11 Å². The highest BCUT2D eigenvalue weighted by Crippen LogP contribution is 1.93. The summed E-state index contributed by atoms with van der Waals surface area (Å²) in [4.78, 5) is 2.20. The summed E-state index contributed by atoms with van der Waals surface area (Å²) in [6, 6.07) is 0.213. The van der Waals surface area contributed by atoms with Gasteiger partial charge >= 0.3 is 0 Å². The number of nitrogens with one attached hydrogen (secondary N) is 1. The number of methoxy groups -OCH3 is 1. The van der Waals surface area contributed by atoms with Gasteiger partial charge in [0.05, 0.1) is 13.2 Å². The molecule has 0 aromatic rings. The molecule has 4 nitrogen and oxygen atoms in total. The van der Waals surface area contributed by atoms with Gasteiger partial charge in [0.25, 0.3) is 0 Å². The largest absolute Gasteiger partial charge is 0.395 e. The number of ether oxygens (including phenoxy) is 1. The Morgan fingerprint density at radius 2 is 2.15 bits per heavy atom. The molecule has 0 fully saturated rings. The highest BCUT2D eigenvalue weighted by atomic mass is 16.5. The van der Waals surface area contributed by atoms with Crippen LogP contribution < -0.4 is 5.32 Å². The van der Waals surface area contributed by atoms with Crippen LogP contribution in [0.25, 0.3) is 0 Å². The van der Waals surface area contributed by atoms with Crippen molar-refractivity contribution in [2.24, 2.45) is 0 Å². The molecule has 80 valence electrons. The molecule has 0 bridgehead atoms. The Kier molecular flexibility index (Phi) is 8.33. The summed E-state index contributed by atoms with van der Waals surface area (Å²) in [7, 11) is 5.64. The van der Waals surface area contributed by atoms with Gasteiger partial charge < -0.3 is 20.1 Å². The number of aliphatic hydroxyl groups excluding tert-OH is 1. The molecule has 0 saturated carbocycles. The molecule has 0 radical (unpaired) electrons. The molecule has 0 aliphatic heterocycles. The van der Waals surface area contributed by atoms with Gasteiger partial charge in [0.1, 0.15) is 0 Å². The lowest BCUT2D eigenvalue weighted by Crippen LogP contribution is -2.34. The number of likely N-dealkylation sites (N-methyl/N-ethyl adjacent to an activating group) is 2. The molecule has 13 heavy (non-hydrogen) atoms. The number of aliphatic hydroxyl groups is 1. The smallest absolute Gasteiger partial charge is 0.0589 e. The minimum atomic E-state index is 0.203. The van der Waals surface area contributed by atoms with Crippen LogP contribution >= 0.6 is 0 Å². The third-order valence-electron chi connectivity index (χ3n) is 2.17. The van der Waals surface area contributed by atoms with Crippen LogP contribution in [-0.2, 0) is 4.74 Å². The van der Waals surface area contributed by atoms with E-state index in [4.69, 9.17) is 9.84 Å². The maximum atomic E-state index is 8.91. The normalized spacial score (nSPS) is 13.6. The van der Waals surface area contributed by atoms with Crippen LogP contribution in [0.4, 0.5) is 0 Å². The number of hydrogen-bond donors (Lipinski definition) is 2. The highest BCUT2D eigenvalue weighted by Gasteiger charge is 2.05. The van der Waals surface area contributed by atoms with Gasteiger partial charge in [-0.05, 0) is 27.1 Å². The first-order valence-electron chi connectivity index (χ1n) is 4.70. The van der Waals surface area contributed by atoms with E-state index < -0.39 is 0 Å². The molecule has 0 aromatic heterocycles. The fourth-order valence-electron chi connectivity index (χ4n) is 1.06. The van der Waals surface area contributed by atoms with Crippen LogP contribution in [0.1, 0.15) is 6.42 Å². The molecule has 0 saturated heterocycles. The zero-order chi connectivity index (χ0) is 10.1. The highest BCUT2D eigenvalue weighted by molar-refractivity contribution is 4.64. The molecule has 4 heteroatoms. The van der Waals surface area contributed by atoms with Crippen molar-refractivity contribution in [3.63, 3.8) is 0 Å². The van der Waals surface area contributed by atoms with Crippen LogP contribution in [0.3, 0.4) is 0 Å². The lowest BCUT2D eigenvalue weighted by molar-refractivity contribution is 0.155. The Hall–Kier alpha value is -0.160. The van der Waals surface area contributed by atoms with Gasteiger partial charge in [-0.1, -0.05) is 0 Å². The van der Waals surface area contributed by atoms with Crippen molar-refractivity contribution in [2.45, 2.75) is 12.5 Å². The summed E-state index contributed by atoms with van der Waals surface area (Å²) in [5.41, 5.74) is 0. The predicted molar refractivity (Wildman–Crippen MR) is 53.9 cm³/mol. The van der Waals surface area contributed by atoms with Gasteiger partial charge in [-0.2, -0.15) is 0 Å². The van der Waals surface area contributed by atoms with E-state index in [9.17, 15) is 0 Å². The summed E-state index contributed by atoms with van der Waals surface area (Å²) in [6.45, 7) is 2.89. The first-order valence-corrected chi connectivity index (χ1v) is 4.70. The summed E-state index contributed by atoms with van der Waals surface area (Å²) in [6.07, 6.45) is 0.965. The van der Waals surface area contributed by atoms with Gasteiger partial charge in [-0.15, -0.1) is 0 Å². The lowest BCUT2D eigenvalue weighted by atomic mass is 10.2. The molecule has 0 amide bonds. The maximum Gasteiger partial charge on any atom is 0.0589 e. The van der Waals surface area contributed by atoms with E-state index in [0.717, 1.165) is 26.1 Å². The molecule has 1 atom stereocenters. The molecule has 0 aromatic carbocycles. The molecule has 2 N–H and O–H groups in total. The minimum Gasteiger partial charge on any atom is -0.395 e. The van der Waals surface area contributed by atoms with Gasteiger partial charge in [-0.3, -0.25) is 0 Å². The van der Waals surface area contributed by atoms with Crippen LogP contribution in [-0.4, -0.2) is 63.6 Å². The Bertz CT molecular complexity index is 108. The SMILES string of the molecule is CNC(CO)CCN(C)CCOC. The van der Waals surface area contributed by atoms with Crippen LogP contribution in [0.2, 0.25) is 0 Å². The molecule has 0 spiro atoms. The molecule has 0 aliphatic carbocycles. The van der Waals surface area contributed by atoms with Crippen molar-refractivity contribution in [1.82, 2.24) is 10.2 Å². The first-order chi connectivity index (χ1) is 6.24. The number of hydrogen-bond acceptors (Lipinski definition) is 4. The van der Waals surface area contributed by atoms with Crippen molar-refractivity contribution in [3.05, 3.63) is 0 Å². The van der Waals surface area contributed by atoms with Crippen molar-refractivity contribution >= 4 is 0 Å². The fraction of sp³-hybridized carbons (Fsp3) is 1.00. The van der Waals surface area contributed by atoms with Crippen molar-refractivity contribution in [1.29, 1.82) is 0 Å². The van der Waals surface area contributed by atoms with Crippen LogP contribution in [0.5, 0.6) is 0 Å². The third kappa shape index (κ3) is 6.95. The lowest BCUT2D eigenvalue weighted by Gasteiger charge is -2.19. The zero-order valence-corrected chi connectivity index (χ0v) is 8.92. The Morgan fingerprint density at radius 3 is 2.62 bits per heavy atom. The molecular weight excluding hydrogens is 168 g/mol. The molecule has 0 heterocycles. The quantitative estimate of drug-likeness (QED) is 0.543. The average Bonchev–Trinajstić information content (AvgIpc) is 2.16. The van der Waals surface area contributed by atoms with E-state index in [1.807, 2.05) is 7.05 Å².